The largest absolute Gasteiger partial charge is 0.496 e. The molecule has 0 heterocycles. The first-order valence-corrected chi connectivity index (χ1v) is 7.56. The maximum atomic E-state index is 12.8. The minimum absolute atomic E-state index is 0.131. The number of aromatic carboxylic acids is 1. The topological polar surface area (TPSA) is 75.6 Å². The molecule has 0 aliphatic carbocycles. The average molecular weight is 327 g/mol. The third kappa shape index (κ3) is 3.40. The van der Waals surface area contributed by atoms with E-state index in [1.807, 2.05) is 25.1 Å². The number of anilines is 1. The summed E-state index contributed by atoms with van der Waals surface area (Å²) in [6.45, 7) is 5.42. The van der Waals surface area contributed by atoms with Gasteiger partial charge >= 0.3 is 5.97 Å². The van der Waals surface area contributed by atoms with Gasteiger partial charge in [0.25, 0.3) is 0 Å². The third-order valence-corrected chi connectivity index (χ3v) is 4.08. The number of rotatable bonds is 5. The van der Waals surface area contributed by atoms with E-state index >= 15 is 0 Å². The lowest BCUT2D eigenvalue weighted by molar-refractivity contribution is -0.120. The zero-order chi connectivity index (χ0) is 17.9. The van der Waals surface area contributed by atoms with Gasteiger partial charge in [-0.1, -0.05) is 24.3 Å². The summed E-state index contributed by atoms with van der Waals surface area (Å²) in [5, 5.41) is 11.9. The highest BCUT2D eigenvalue weighted by molar-refractivity contribution is 6.00. The van der Waals surface area contributed by atoms with Crippen molar-refractivity contribution in [2.45, 2.75) is 26.2 Å². The second-order valence-corrected chi connectivity index (χ2v) is 6.11. The first kappa shape index (κ1) is 17.5. The Morgan fingerprint density at radius 3 is 2.42 bits per heavy atom. The summed E-state index contributed by atoms with van der Waals surface area (Å²) >= 11 is 0. The Bertz CT molecular complexity index is 781. The molecule has 0 bridgehead atoms. The van der Waals surface area contributed by atoms with Gasteiger partial charge in [0, 0.05) is 11.3 Å². The molecule has 5 nitrogen and oxygen atoms in total. The minimum atomic E-state index is -1.03. The van der Waals surface area contributed by atoms with E-state index in [1.165, 1.54) is 12.1 Å². The van der Waals surface area contributed by atoms with Crippen LogP contribution in [0.4, 0.5) is 5.69 Å². The lowest BCUT2D eigenvalue weighted by atomic mass is 9.83. The van der Waals surface area contributed by atoms with Crippen molar-refractivity contribution >= 4 is 17.6 Å². The van der Waals surface area contributed by atoms with Gasteiger partial charge in [0.1, 0.15) is 5.75 Å². The number of carboxylic acids is 1. The SMILES string of the molecule is COc1ccccc1C(C)(C)C(=O)Nc1cc(C(=O)O)ccc1C. The molecule has 0 saturated heterocycles. The molecule has 0 radical (unpaired) electrons. The van der Waals surface area contributed by atoms with Gasteiger partial charge in [0.15, 0.2) is 0 Å². The lowest BCUT2D eigenvalue weighted by Gasteiger charge is -2.26. The molecule has 0 spiro atoms. The summed E-state index contributed by atoms with van der Waals surface area (Å²) in [5.41, 5.74) is 1.33. The number of methoxy groups -OCH3 is 1. The Labute approximate surface area is 141 Å². The fourth-order valence-electron chi connectivity index (χ4n) is 2.45. The van der Waals surface area contributed by atoms with Gasteiger partial charge in [-0.05, 0) is 44.5 Å². The van der Waals surface area contributed by atoms with Crippen LogP contribution in [0.5, 0.6) is 5.75 Å². The van der Waals surface area contributed by atoms with E-state index in [0.717, 1.165) is 11.1 Å². The van der Waals surface area contributed by atoms with Gasteiger partial charge < -0.3 is 15.2 Å². The molecule has 0 saturated carbocycles. The number of amides is 1. The molecule has 0 atom stereocenters. The summed E-state index contributed by atoms with van der Waals surface area (Å²) in [4.78, 5) is 23.9. The standard InChI is InChI=1S/C19H21NO4/c1-12-9-10-13(17(21)22)11-15(12)20-18(23)19(2,3)14-7-5-6-8-16(14)24-4/h5-11H,1-4H3,(H,20,23)(H,21,22). The second kappa shape index (κ2) is 6.74. The number of aryl methyl sites for hydroxylation is 1. The summed E-state index contributed by atoms with van der Waals surface area (Å²) in [6.07, 6.45) is 0. The number of carboxylic acid groups (broad SMARTS) is 1. The first-order chi connectivity index (χ1) is 11.3. The molecule has 2 aromatic rings. The van der Waals surface area contributed by atoms with Crippen molar-refractivity contribution in [3.63, 3.8) is 0 Å². The van der Waals surface area contributed by atoms with E-state index < -0.39 is 11.4 Å². The molecule has 2 rings (SSSR count). The smallest absolute Gasteiger partial charge is 0.335 e. The number of para-hydroxylation sites is 1. The van der Waals surface area contributed by atoms with Crippen molar-refractivity contribution < 1.29 is 19.4 Å². The molecule has 0 unspecified atom stereocenters. The molecule has 0 aromatic heterocycles. The van der Waals surface area contributed by atoms with Gasteiger partial charge in [-0.2, -0.15) is 0 Å². The van der Waals surface area contributed by atoms with Crippen LogP contribution in [0.15, 0.2) is 42.5 Å². The summed E-state index contributed by atoms with van der Waals surface area (Å²) in [7, 11) is 1.56. The van der Waals surface area contributed by atoms with Crippen LogP contribution in [0.25, 0.3) is 0 Å². The van der Waals surface area contributed by atoms with Gasteiger partial charge in [-0.3, -0.25) is 4.79 Å². The Morgan fingerprint density at radius 1 is 1.12 bits per heavy atom. The summed E-state index contributed by atoms with van der Waals surface area (Å²) in [6, 6.07) is 12.0. The molecule has 126 valence electrons. The maximum absolute atomic E-state index is 12.8. The molecular formula is C19H21NO4. The lowest BCUT2D eigenvalue weighted by Crippen LogP contribution is -2.35. The quantitative estimate of drug-likeness (QED) is 0.879. The monoisotopic (exact) mass is 327 g/mol. The number of ether oxygens (including phenoxy) is 1. The van der Waals surface area contributed by atoms with Crippen LogP contribution in [0, 0.1) is 6.92 Å². The Morgan fingerprint density at radius 2 is 1.79 bits per heavy atom. The number of carbonyl (C=O) groups is 2. The normalized spacial score (nSPS) is 11.0. The van der Waals surface area contributed by atoms with E-state index in [4.69, 9.17) is 9.84 Å². The Kier molecular flexibility index (Phi) is 4.93. The van der Waals surface area contributed by atoms with Crippen molar-refractivity contribution in [3.8, 4) is 5.75 Å². The third-order valence-electron chi connectivity index (χ3n) is 4.08. The maximum Gasteiger partial charge on any atom is 0.335 e. The van der Waals surface area contributed by atoms with Crippen LogP contribution >= 0.6 is 0 Å². The van der Waals surface area contributed by atoms with Crippen molar-refractivity contribution in [2.24, 2.45) is 0 Å². The molecular weight excluding hydrogens is 306 g/mol. The van der Waals surface area contributed by atoms with Crippen molar-refractivity contribution in [1.82, 2.24) is 0 Å². The molecule has 0 aliphatic rings. The highest BCUT2D eigenvalue weighted by atomic mass is 16.5. The first-order valence-electron chi connectivity index (χ1n) is 7.56. The van der Waals surface area contributed by atoms with Gasteiger partial charge in [0.05, 0.1) is 18.1 Å². The van der Waals surface area contributed by atoms with Crippen LogP contribution in [0.1, 0.15) is 35.3 Å². The molecule has 1 amide bonds. The van der Waals surface area contributed by atoms with Crippen LogP contribution < -0.4 is 10.1 Å². The fraction of sp³-hybridized carbons (Fsp3) is 0.263. The van der Waals surface area contributed by atoms with Crippen molar-refractivity contribution in [1.29, 1.82) is 0 Å². The molecule has 0 aliphatic heterocycles. The number of carbonyl (C=O) groups excluding carboxylic acids is 1. The van der Waals surface area contributed by atoms with Crippen LogP contribution in [-0.4, -0.2) is 24.1 Å². The average Bonchev–Trinajstić information content (AvgIpc) is 2.56. The van der Waals surface area contributed by atoms with Gasteiger partial charge in [-0.15, -0.1) is 0 Å². The van der Waals surface area contributed by atoms with Crippen molar-refractivity contribution in [2.75, 3.05) is 12.4 Å². The van der Waals surface area contributed by atoms with E-state index in [9.17, 15) is 9.59 Å². The highest BCUT2D eigenvalue weighted by Crippen LogP contribution is 2.33. The molecule has 0 fully saturated rings. The van der Waals surface area contributed by atoms with E-state index in [1.54, 1.807) is 33.1 Å². The number of benzene rings is 2. The van der Waals surface area contributed by atoms with Crippen molar-refractivity contribution in [3.05, 3.63) is 59.2 Å². The Hall–Kier alpha value is -2.82. The van der Waals surface area contributed by atoms with Gasteiger partial charge in [-0.25, -0.2) is 4.79 Å². The highest BCUT2D eigenvalue weighted by Gasteiger charge is 2.32. The summed E-state index contributed by atoms with van der Waals surface area (Å²) < 4.78 is 5.35. The molecule has 2 N–H and O–H groups in total. The minimum Gasteiger partial charge on any atom is -0.496 e. The van der Waals surface area contributed by atoms with E-state index in [-0.39, 0.29) is 11.5 Å². The van der Waals surface area contributed by atoms with Crippen LogP contribution in [0.3, 0.4) is 0 Å². The molecule has 2 aromatic carbocycles. The molecule has 24 heavy (non-hydrogen) atoms. The van der Waals surface area contributed by atoms with Crippen LogP contribution in [0.2, 0.25) is 0 Å². The van der Waals surface area contributed by atoms with E-state index in [2.05, 4.69) is 5.32 Å². The Balaban J connectivity index is 2.35. The number of hydrogen-bond acceptors (Lipinski definition) is 3. The fourth-order valence-corrected chi connectivity index (χ4v) is 2.45. The van der Waals surface area contributed by atoms with Gasteiger partial charge in [0.2, 0.25) is 5.91 Å². The molecule has 5 heteroatoms. The predicted molar refractivity (Wildman–Crippen MR) is 92.8 cm³/mol. The zero-order valence-electron chi connectivity index (χ0n) is 14.2. The zero-order valence-corrected chi connectivity index (χ0v) is 14.2. The number of hydrogen-bond donors (Lipinski definition) is 2. The predicted octanol–water partition coefficient (Wildman–Crippen LogP) is 3.62. The number of nitrogens with one attached hydrogen (secondary N) is 1. The van der Waals surface area contributed by atoms with E-state index in [0.29, 0.717) is 11.4 Å². The van der Waals surface area contributed by atoms with Crippen LogP contribution in [-0.2, 0) is 10.2 Å². The second-order valence-electron chi connectivity index (χ2n) is 6.11. The summed E-state index contributed by atoms with van der Waals surface area (Å²) in [5.74, 6) is -0.638.